The monoisotopic (exact) mass is 1250 g/mol. The van der Waals surface area contributed by atoms with E-state index >= 15 is 0 Å². The van der Waals surface area contributed by atoms with Crippen LogP contribution in [0.25, 0.3) is 0 Å². The number of nitrogens with one attached hydrogen (secondary N) is 4. The van der Waals surface area contributed by atoms with Crippen LogP contribution < -0.4 is 21.3 Å². The minimum absolute atomic E-state index is 0.0738. The largest absolute Gasteiger partial charge is 0.379 e. The third-order valence-electron chi connectivity index (χ3n) is 17.8. The van der Waals surface area contributed by atoms with E-state index in [9.17, 15) is 24.0 Å². The number of ether oxygens (including phenoxy) is 8. The van der Waals surface area contributed by atoms with Gasteiger partial charge < -0.3 is 59.2 Å². The van der Waals surface area contributed by atoms with E-state index in [2.05, 4.69) is 90.5 Å². The molecule has 2 aliphatic carbocycles. The lowest BCUT2D eigenvalue weighted by Crippen LogP contribution is -2.47. The van der Waals surface area contributed by atoms with Crippen LogP contribution in [-0.4, -0.2) is 161 Å². The van der Waals surface area contributed by atoms with Crippen LogP contribution in [0, 0.1) is 34.5 Å². The van der Waals surface area contributed by atoms with Gasteiger partial charge in [-0.05, 0) is 152 Å². The second kappa shape index (κ2) is 50.3. The quantitative estimate of drug-likeness (QED) is 0.0331. The zero-order valence-corrected chi connectivity index (χ0v) is 57.8. The SMILES string of the molecule is CC(=O)CCOCCOCCOCCOCCOCCC(=O)NCCCOCCOCCOCCCNC(=O)[C@H](CCCCNC(=O)CC(C)CCCC(C)CCC1=C(C)CCCC1(C)C)NC(=O)CC(C)CCCC(C)CCC1=C(C)CCCC1(C)C. The molecule has 0 heterocycles. The van der Waals surface area contributed by atoms with E-state index in [0.717, 1.165) is 38.5 Å². The average Bonchev–Trinajstić information content (AvgIpc) is 2.64. The summed E-state index contributed by atoms with van der Waals surface area (Å²) in [6.45, 7) is 33.4. The van der Waals surface area contributed by atoms with Crippen LogP contribution in [0.1, 0.15) is 237 Å². The normalized spacial score (nSPS) is 16.7. The van der Waals surface area contributed by atoms with Crippen molar-refractivity contribution in [3.05, 3.63) is 22.3 Å². The lowest BCUT2D eigenvalue weighted by atomic mass is 9.70. The Hall–Kier alpha value is -3.29. The van der Waals surface area contributed by atoms with Crippen molar-refractivity contribution < 1.29 is 61.9 Å². The Labute approximate surface area is 535 Å². The summed E-state index contributed by atoms with van der Waals surface area (Å²) in [6, 6.07) is -0.646. The number of ketones is 1. The third kappa shape index (κ3) is 42.0. The van der Waals surface area contributed by atoms with Crippen LogP contribution in [0.2, 0.25) is 0 Å². The van der Waals surface area contributed by atoms with E-state index in [1.807, 2.05) is 0 Å². The summed E-state index contributed by atoms with van der Waals surface area (Å²) in [5.74, 6) is 1.73. The Bertz CT molecular complexity index is 1940. The van der Waals surface area contributed by atoms with Gasteiger partial charge in [-0.25, -0.2) is 0 Å². The Morgan fingerprint density at radius 2 is 0.784 bits per heavy atom. The van der Waals surface area contributed by atoms with Crippen LogP contribution in [0.15, 0.2) is 22.3 Å². The summed E-state index contributed by atoms with van der Waals surface area (Å²) in [5.41, 5.74) is 7.25. The van der Waals surface area contributed by atoms with Gasteiger partial charge in [-0.1, -0.05) is 116 Å². The highest BCUT2D eigenvalue weighted by molar-refractivity contribution is 5.87. The van der Waals surface area contributed by atoms with E-state index in [1.54, 1.807) is 29.2 Å². The number of carbonyl (C=O) groups is 5. The first-order chi connectivity index (χ1) is 42.2. The molecule has 0 fully saturated rings. The smallest absolute Gasteiger partial charge is 0.242 e. The molecule has 4 unspecified atom stereocenters. The van der Waals surface area contributed by atoms with Crippen molar-refractivity contribution >= 4 is 29.4 Å². The number of allylic oxidation sites excluding steroid dienone is 4. The zero-order chi connectivity index (χ0) is 64.7. The van der Waals surface area contributed by atoms with Gasteiger partial charge in [0.05, 0.1) is 92.5 Å². The van der Waals surface area contributed by atoms with Crippen molar-refractivity contribution in [1.82, 2.24) is 21.3 Å². The minimum Gasteiger partial charge on any atom is -0.379 e. The number of hydrogen-bond donors (Lipinski definition) is 4. The van der Waals surface area contributed by atoms with Crippen molar-refractivity contribution in [2.45, 2.75) is 243 Å². The molecule has 17 nitrogen and oxygen atoms in total. The fraction of sp³-hybridized carbons (Fsp3) is 0.873. The molecule has 2 aliphatic rings. The van der Waals surface area contributed by atoms with Crippen molar-refractivity contribution in [1.29, 1.82) is 0 Å². The third-order valence-corrected chi connectivity index (χ3v) is 17.8. The van der Waals surface area contributed by atoms with Gasteiger partial charge in [0.2, 0.25) is 23.6 Å². The molecule has 2 rings (SSSR count). The van der Waals surface area contributed by atoms with Crippen molar-refractivity contribution in [3.8, 4) is 0 Å². The first-order valence-electron chi connectivity index (χ1n) is 34.8. The van der Waals surface area contributed by atoms with Gasteiger partial charge in [0, 0.05) is 58.5 Å². The summed E-state index contributed by atoms with van der Waals surface area (Å²) in [4.78, 5) is 63.0. The van der Waals surface area contributed by atoms with Gasteiger partial charge >= 0.3 is 0 Å². The van der Waals surface area contributed by atoms with Crippen LogP contribution in [-0.2, 0) is 61.9 Å². The molecule has 0 saturated heterocycles. The van der Waals surface area contributed by atoms with E-state index in [1.165, 1.54) is 70.6 Å². The summed E-state index contributed by atoms with van der Waals surface area (Å²) in [5, 5.41) is 12.1. The molecule has 0 spiro atoms. The molecule has 88 heavy (non-hydrogen) atoms. The molecular formula is C71H130N4O13. The number of Topliss-reactive ketones (excluding diaryl/α,β-unsaturated/α-hetero) is 1. The molecular weight excluding hydrogens is 1120 g/mol. The van der Waals surface area contributed by atoms with Crippen molar-refractivity contribution in [2.24, 2.45) is 34.5 Å². The van der Waals surface area contributed by atoms with E-state index < -0.39 is 6.04 Å². The number of rotatable bonds is 57. The highest BCUT2D eigenvalue weighted by atomic mass is 16.6. The van der Waals surface area contributed by atoms with Crippen LogP contribution in [0.5, 0.6) is 0 Å². The fourth-order valence-corrected chi connectivity index (χ4v) is 12.2. The van der Waals surface area contributed by atoms with Gasteiger partial charge in [-0.2, -0.15) is 0 Å². The Morgan fingerprint density at radius 3 is 1.23 bits per heavy atom. The maximum atomic E-state index is 13.6. The minimum atomic E-state index is -0.646. The Balaban J connectivity index is 1.59. The first kappa shape index (κ1) is 80.8. The summed E-state index contributed by atoms with van der Waals surface area (Å²) >= 11 is 0. The number of amides is 4. The first-order valence-corrected chi connectivity index (χ1v) is 34.8. The molecule has 0 saturated carbocycles. The lowest BCUT2D eigenvalue weighted by molar-refractivity contribution is -0.129. The summed E-state index contributed by atoms with van der Waals surface area (Å²) < 4.78 is 44.2. The number of hydrogen-bond acceptors (Lipinski definition) is 13. The predicted molar refractivity (Wildman–Crippen MR) is 353 cm³/mol. The maximum Gasteiger partial charge on any atom is 0.242 e. The Morgan fingerprint density at radius 1 is 0.409 bits per heavy atom. The standard InChI is InChI=1S/C71H130N4O13/c1-56(27-29-63-60(5)24-16-33-70(63,8)9)20-14-22-58(3)54-67(78)73-35-13-12-26-65(75-68(79)55-59(4)23-15-21-57(2)28-30-64-61(6)25-17-34-71(64,10)11)69(80)74-37-19-39-82-43-47-85-46-42-81-38-18-36-72-66(77)32-41-84-45-49-87-51-53-88-52-50-86-48-44-83-40-31-62(7)76/h56-59,65H,12-55H2,1-11H3,(H,72,77)(H,73,78)(H,74,80)(H,75,79)/t56?,57?,58?,59?,65-/m0/s1. The van der Waals surface area contributed by atoms with E-state index in [4.69, 9.17) is 37.9 Å². The molecule has 0 radical (unpaired) electrons. The average molecular weight is 1250 g/mol. The molecule has 5 atom stereocenters. The van der Waals surface area contributed by atoms with Gasteiger partial charge in [0.15, 0.2) is 0 Å². The topological polar surface area (TPSA) is 207 Å². The molecule has 0 aromatic carbocycles. The highest BCUT2D eigenvalue weighted by Gasteiger charge is 2.30. The molecule has 17 heteroatoms. The molecule has 512 valence electrons. The Kier molecular flexibility index (Phi) is 46.2. The second-order valence-electron chi connectivity index (χ2n) is 27.2. The molecule has 4 N–H and O–H groups in total. The summed E-state index contributed by atoms with van der Waals surface area (Å²) in [7, 11) is 0. The van der Waals surface area contributed by atoms with Gasteiger partial charge in [-0.15, -0.1) is 0 Å². The van der Waals surface area contributed by atoms with E-state index in [0.29, 0.717) is 199 Å². The van der Waals surface area contributed by atoms with Crippen LogP contribution in [0.4, 0.5) is 0 Å². The maximum absolute atomic E-state index is 13.6. The predicted octanol–water partition coefficient (Wildman–Crippen LogP) is 12.6. The molecule has 4 amide bonds. The van der Waals surface area contributed by atoms with Crippen molar-refractivity contribution in [2.75, 3.05) is 125 Å². The van der Waals surface area contributed by atoms with Crippen molar-refractivity contribution in [3.63, 3.8) is 0 Å². The van der Waals surface area contributed by atoms with Crippen LogP contribution >= 0.6 is 0 Å². The van der Waals surface area contributed by atoms with E-state index in [-0.39, 0.29) is 41.8 Å². The van der Waals surface area contributed by atoms with Gasteiger partial charge in [0.1, 0.15) is 11.8 Å². The second-order valence-corrected chi connectivity index (χ2v) is 27.2. The van der Waals surface area contributed by atoms with Gasteiger partial charge in [0.25, 0.3) is 0 Å². The number of unbranched alkanes of at least 4 members (excludes halogenated alkanes) is 1. The van der Waals surface area contributed by atoms with Gasteiger partial charge in [-0.3, -0.25) is 24.0 Å². The molecule has 0 aliphatic heterocycles. The zero-order valence-electron chi connectivity index (χ0n) is 57.8. The van der Waals surface area contributed by atoms with Crippen LogP contribution in [0.3, 0.4) is 0 Å². The summed E-state index contributed by atoms with van der Waals surface area (Å²) in [6.07, 6.45) is 24.1. The number of carbonyl (C=O) groups excluding carboxylic acids is 5. The fourth-order valence-electron chi connectivity index (χ4n) is 12.2. The lowest BCUT2D eigenvalue weighted by Gasteiger charge is -2.35. The molecule has 0 aromatic heterocycles. The highest BCUT2D eigenvalue weighted by Crippen LogP contribution is 2.44. The molecule has 0 bridgehead atoms. The molecule has 0 aromatic rings.